The van der Waals surface area contributed by atoms with Crippen molar-refractivity contribution in [3.8, 4) is 11.4 Å². The first-order valence-electron chi connectivity index (χ1n) is 12.6. The lowest BCUT2D eigenvalue weighted by atomic mass is 10.1. The molecule has 0 spiro atoms. The Labute approximate surface area is 211 Å². The van der Waals surface area contributed by atoms with Crippen molar-refractivity contribution in [3.63, 3.8) is 0 Å². The van der Waals surface area contributed by atoms with E-state index in [1.165, 1.54) is 77.2 Å². The van der Waals surface area contributed by atoms with Crippen LogP contribution >= 0.6 is 0 Å². The minimum Gasteiger partial charge on any atom is -0.307 e. The molecule has 7 rings (SSSR count). The molecule has 5 aromatic carbocycles. The van der Waals surface area contributed by atoms with Gasteiger partial charge in [-0.2, -0.15) is 0 Å². The fourth-order valence-electron chi connectivity index (χ4n) is 5.86. The highest BCUT2D eigenvalue weighted by atomic mass is 15.1. The molecule has 0 aliphatic heterocycles. The lowest BCUT2D eigenvalue weighted by molar-refractivity contribution is 1.09. The van der Waals surface area contributed by atoms with Crippen molar-refractivity contribution in [2.75, 3.05) is 0 Å². The summed E-state index contributed by atoms with van der Waals surface area (Å²) in [7, 11) is 0. The van der Waals surface area contributed by atoms with Gasteiger partial charge >= 0.3 is 0 Å². The summed E-state index contributed by atoms with van der Waals surface area (Å²) in [6, 6.07) is 36.1. The first-order chi connectivity index (χ1) is 17.5. The minimum atomic E-state index is 1.19. The van der Waals surface area contributed by atoms with E-state index < -0.39 is 0 Å². The van der Waals surface area contributed by atoms with E-state index in [1.54, 1.807) is 0 Å². The number of fused-ring (bicyclic) bond motifs is 6. The number of aromatic nitrogens is 2. The molecule has 7 aromatic rings. The van der Waals surface area contributed by atoms with Crippen LogP contribution in [-0.4, -0.2) is 9.13 Å². The molecule has 0 N–H and O–H groups in total. The van der Waals surface area contributed by atoms with Crippen LogP contribution in [0.15, 0.2) is 97.1 Å². The number of aryl methyl sites for hydroxylation is 4. The van der Waals surface area contributed by atoms with Gasteiger partial charge in [0.1, 0.15) is 0 Å². The molecule has 0 radical (unpaired) electrons. The van der Waals surface area contributed by atoms with Crippen molar-refractivity contribution in [1.82, 2.24) is 9.13 Å². The van der Waals surface area contributed by atoms with Crippen LogP contribution in [0.4, 0.5) is 0 Å². The van der Waals surface area contributed by atoms with Crippen LogP contribution < -0.4 is 0 Å². The summed E-state index contributed by atoms with van der Waals surface area (Å²) in [6.45, 7) is 8.70. The highest BCUT2D eigenvalue weighted by Crippen LogP contribution is 2.38. The van der Waals surface area contributed by atoms with Crippen molar-refractivity contribution < 1.29 is 0 Å². The Morgan fingerprint density at radius 2 is 0.639 bits per heavy atom. The molecule has 0 fully saturated rings. The smallest absolute Gasteiger partial charge is 0.0702 e. The van der Waals surface area contributed by atoms with E-state index in [4.69, 9.17) is 0 Å². The molecule has 174 valence electrons. The van der Waals surface area contributed by atoms with Gasteiger partial charge in [-0.3, -0.25) is 0 Å². The molecule has 0 aliphatic carbocycles. The maximum absolute atomic E-state index is 2.44. The van der Waals surface area contributed by atoms with Crippen LogP contribution in [0.5, 0.6) is 0 Å². The Morgan fingerprint density at radius 3 is 0.917 bits per heavy atom. The van der Waals surface area contributed by atoms with E-state index >= 15 is 0 Å². The van der Waals surface area contributed by atoms with Crippen LogP contribution in [0.1, 0.15) is 22.3 Å². The number of rotatable bonds is 2. The van der Waals surface area contributed by atoms with E-state index in [0.29, 0.717) is 0 Å². The first kappa shape index (κ1) is 21.0. The summed E-state index contributed by atoms with van der Waals surface area (Å²) in [5.41, 5.74) is 12.4. The Morgan fingerprint density at radius 1 is 0.361 bits per heavy atom. The summed E-state index contributed by atoms with van der Waals surface area (Å²) < 4.78 is 4.89. The van der Waals surface area contributed by atoms with Crippen molar-refractivity contribution in [3.05, 3.63) is 119 Å². The molecule has 0 unspecified atom stereocenters. The maximum Gasteiger partial charge on any atom is 0.0702 e. The summed E-state index contributed by atoms with van der Waals surface area (Å²) in [4.78, 5) is 0. The number of benzene rings is 5. The van der Waals surface area contributed by atoms with E-state index in [2.05, 4.69) is 134 Å². The fourth-order valence-corrected chi connectivity index (χ4v) is 5.86. The van der Waals surface area contributed by atoms with Gasteiger partial charge in [-0.25, -0.2) is 0 Å². The van der Waals surface area contributed by atoms with Gasteiger partial charge in [0.15, 0.2) is 0 Å². The van der Waals surface area contributed by atoms with Gasteiger partial charge in [0.25, 0.3) is 0 Å². The summed E-state index contributed by atoms with van der Waals surface area (Å²) in [6.07, 6.45) is 0. The van der Waals surface area contributed by atoms with E-state index in [9.17, 15) is 0 Å². The van der Waals surface area contributed by atoms with Crippen molar-refractivity contribution in [2.45, 2.75) is 27.7 Å². The largest absolute Gasteiger partial charge is 0.307 e. The third-order valence-corrected chi connectivity index (χ3v) is 7.52. The van der Waals surface area contributed by atoms with Gasteiger partial charge in [-0.15, -0.1) is 0 Å². The first-order valence-corrected chi connectivity index (χ1v) is 12.6. The molecule has 2 nitrogen and oxygen atoms in total. The second-order valence-corrected chi connectivity index (χ2v) is 10.2. The van der Waals surface area contributed by atoms with E-state index in [-0.39, 0.29) is 0 Å². The van der Waals surface area contributed by atoms with E-state index in [0.717, 1.165) is 0 Å². The van der Waals surface area contributed by atoms with Gasteiger partial charge < -0.3 is 9.13 Å². The van der Waals surface area contributed by atoms with Gasteiger partial charge in [-0.1, -0.05) is 58.7 Å². The predicted molar refractivity (Wildman–Crippen MR) is 154 cm³/mol. The third kappa shape index (κ3) is 2.97. The molecular weight excluding hydrogens is 436 g/mol. The zero-order valence-electron chi connectivity index (χ0n) is 21.1. The van der Waals surface area contributed by atoms with Gasteiger partial charge in [0.05, 0.1) is 33.4 Å². The number of para-hydroxylation sites is 2. The average Bonchev–Trinajstić information content (AvgIpc) is 3.35. The van der Waals surface area contributed by atoms with Gasteiger partial charge in [-0.05, 0) is 88.4 Å². The van der Waals surface area contributed by atoms with E-state index in [1.807, 2.05) is 0 Å². The highest BCUT2D eigenvalue weighted by molar-refractivity contribution is 6.12. The quantitative estimate of drug-likeness (QED) is 0.241. The fraction of sp³-hybridized carbons (Fsp3) is 0.118. The highest BCUT2D eigenvalue weighted by Gasteiger charge is 2.19. The zero-order chi connectivity index (χ0) is 24.6. The monoisotopic (exact) mass is 464 g/mol. The number of hydrogen-bond donors (Lipinski definition) is 0. The molecule has 36 heavy (non-hydrogen) atoms. The summed E-state index contributed by atoms with van der Waals surface area (Å²) in [5.74, 6) is 0. The van der Waals surface area contributed by atoms with Gasteiger partial charge in [0.2, 0.25) is 0 Å². The topological polar surface area (TPSA) is 9.86 Å². The maximum atomic E-state index is 2.44. The summed E-state index contributed by atoms with van der Waals surface area (Å²) in [5, 5.41) is 5.21. The lowest BCUT2D eigenvalue weighted by Gasteiger charge is -2.16. The second kappa shape index (κ2) is 7.60. The molecule has 0 amide bonds. The molecule has 0 atom stereocenters. The molecular formula is C34H28N2. The SMILES string of the molecule is Cc1ccc2c(c1)c1cc(C)ccc1n2-c1ccccc1-n1c2ccc(C)cc2c2cc(C)ccc21. The van der Waals surface area contributed by atoms with Crippen LogP contribution in [0.2, 0.25) is 0 Å². The Balaban J connectivity index is 1.64. The molecule has 2 aromatic heterocycles. The molecule has 2 heterocycles. The molecule has 0 saturated carbocycles. The Hall–Kier alpha value is -4.30. The standard InChI is InChI=1S/C34H28N2/c1-21-9-13-29-25(17-21)26-18-22(2)10-14-30(26)35(29)33-7-5-6-8-34(33)36-31-15-11-23(3)19-27(31)28-20-24(4)12-16-32(28)36/h5-20H,1-4H3. The second-order valence-electron chi connectivity index (χ2n) is 10.2. The number of nitrogens with zero attached hydrogens (tertiary/aromatic N) is 2. The molecule has 0 aliphatic rings. The van der Waals surface area contributed by atoms with Crippen LogP contribution in [0, 0.1) is 27.7 Å². The van der Waals surface area contributed by atoms with Crippen molar-refractivity contribution >= 4 is 43.6 Å². The zero-order valence-corrected chi connectivity index (χ0v) is 21.1. The summed E-state index contributed by atoms with van der Waals surface area (Å²) >= 11 is 0. The minimum absolute atomic E-state index is 1.19. The Kier molecular flexibility index (Phi) is 4.44. The van der Waals surface area contributed by atoms with Crippen LogP contribution in [0.3, 0.4) is 0 Å². The third-order valence-electron chi connectivity index (χ3n) is 7.52. The number of hydrogen-bond acceptors (Lipinski definition) is 0. The average molecular weight is 465 g/mol. The predicted octanol–water partition coefficient (Wildman–Crippen LogP) is 9.11. The Bertz CT molecular complexity index is 1720. The molecule has 0 bridgehead atoms. The van der Waals surface area contributed by atoms with Crippen LogP contribution in [0.25, 0.3) is 55.0 Å². The molecule has 2 heteroatoms. The van der Waals surface area contributed by atoms with Crippen molar-refractivity contribution in [1.29, 1.82) is 0 Å². The van der Waals surface area contributed by atoms with Crippen molar-refractivity contribution in [2.24, 2.45) is 0 Å². The van der Waals surface area contributed by atoms with Crippen LogP contribution in [-0.2, 0) is 0 Å². The lowest BCUT2D eigenvalue weighted by Crippen LogP contribution is -2.03. The molecule has 0 saturated heterocycles. The normalized spacial score (nSPS) is 11.9. The van der Waals surface area contributed by atoms with Gasteiger partial charge in [0, 0.05) is 21.5 Å².